The average Bonchev–Trinajstić information content (AvgIpc) is 3.57. The molecule has 49 heavy (non-hydrogen) atoms. The second-order valence-corrected chi connectivity index (χ2v) is 12.3. The lowest BCUT2D eigenvalue weighted by atomic mass is 10.2. The number of anilines is 1. The van der Waals surface area contributed by atoms with Crippen LogP contribution in [0.25, 0.3) is 11.4 Å². The maximum absolute atomic E-state index is 13.9. The molecule has 18 heteroatoms. The SMILES string of the molecule is CCOC(=O)N1CCN(C(=O)C(C[P+](=O)OC(OC(C)=O)OC(C)=O)NC(=O)c2cc(N3CCC(OC)C3)nc(-c3ccccc3)n2)CC1. The average molecular weight is 704 g/mol. The molecular formula is C31H40N6O11P+. The summed E-state index contributed by atoms with van der Waals surface area (Å²) >= 11 is 0. The normalized spacial score (nSPS) is 17.0. The summed E-state index contributed by atoms with van der Waals surface area (Å²) in [5.41, 5.74) is 0.606. The molecule has 3 atom stereocenters. The molecule has 0 bridgehead atoms. The van der Waals surface area contributed by atoms with Crippen LogP contribution in [0.2, 0.25) is 0 Å². The summed E-state index contributed by atoms with van der Waals surface area (Å²) in [5, 5.41) is 2.64. The van der Waals surface area contributed by atoms with Gasteiger partial charge in [0, 0.05) is 71.9 Å². The van der Waals surface area contributed by atoms with E-state index in [9.17, 15) is 28.5 Å². The summed E-state index contributed by atoms with van der Waals surface area (Å²) in [4.78, 5) is 76.9. The van der Waals surface area contributed by atoms with Gasteiger partial charge < -0.3 is 39.0 Å². The van der Waals surface area contributed by atoms with Gasteiger partial charge in [-0.1, -0.05) is 34.9 Å². The van der Waals surface area contributed by atoms with Crippen LogP contribution in [0.5, 0.6) is 0 Å². The Bertz CT molecular complexity index is 1510. The van der Waals surface area contributed by atoms with E-state index >= 15 is 0 Å². The predicted molar refractivity (Wildman–Crippen MR) is 172 cm³/mol. The third-order valence-corrected chi connectivity index (χ3v) is 8.63. The molecule has 3 unspecified atom stereocenters. The van der Waals surface area contributed by atoms with Crippen molar-refractivity contribution in [2.75, 3.05) is 64.0 Å². The van der Waals surface area contributed by atoms with Crippen LogP contribution in [0.1, 0.15) is 37.7 Å². The van der Waals surface area contributed by atoms with E-state index in [1.807, 2.05) is 23.1 Å². The summed E-state index contributed by atoms with van der Waals surface area (Å²) < 4.78 is 38.5. The predicted octanol–water partition coefficient (Wildman–Crippen LogP) is 1.94. The molecule has 0 aliphatic carbocycles. The maximum Gasteiger partial charge on any atom is 0.518 e. The van der Waals surface area contributed by atoms with E-state index in [4.69, 9.17) is 28.5 Å². The van der Waals surface area contributed by atoms with Crippen molar-refractivity contribution in [3.8, 4) is 11.4 Å². The molecule has 264 valence electrons. The lowest BCUT2D eigenvalue weighted by molar-refractivity contribution is -0.231. The number of amides is 3. The van der Waals surface area contributed by atoms with Crippen LogP contribution < -0.4 is 10.2 Å². The topological polar surface area (TPSA) is 196 Å². The molecular weight excluding hydrogens is 663 g/mol. The van der Waals surface area contributed by atoms with Crippen LogP contribution >= 0.6 is 8.03 Å². The number of aromatic nitrogens is 2. The molecule has 1 aromatic carbocycles. The van der Waals surface area contributed by atoms with Gasteiger partial charge in [-0.25, -0.2) is 14.8 Å². The molecule has 17 nitrogen and oxygen atoms in total. The fraction of sp³-hybridized carbons (Fsp3) is 0.516. The largest absolute Gasteiger partial charge is 0.518 e. The number of benzene rings is 1. The zero-order chi connectivity index (χ0) is 35.5. The number of carbonyl (C=O) groups is 5. The molecule has 2 aliphatic rings. The van der Waals surface area contributed by atoms with Gasteiger partial charge in [-0.05, 0) is 17.9 Å². The Labute approximate surface area is 284 Å². The first-order chi connectivity index (χ1) is 23.5. The number of methoxy groups -OCH3 is 1. The van der Waals surface area contributed by atoms with E-state index in [0.717, 1.165) is 20.3 Å². The van der Waals surface area contributed by atoms with Gasteiger partial charge in [0.05, 0.1) is 12.7 Å². The van der Waals surface area contributed by atoms with Crippen molar-refractivity contribution in [1.29, 1.82) is 0 Å². The summed E-state index contributed by atoms with van der Waals surface area (Å²) in [6.07, 6.45) is -0.348. The first-order valence-electron chi connectivity index (χ1n) is 15.7. The van der Waals surface area contributed by atoms with Crippen LogP contribution in [-0.4, -0.2) is 127 Å². The van der Waals surface area contributed by atoms with Crippen LogP contribution in [0.3, 0.4) is 0 Å². The zero-order valence-electron chi connectivity index (χ0n) is 27.7. The molecule has 4 rings (SSSR count). The van der Waals surface area contributed by atoms with E-state index in [1.165, 1.54) is 15.9 Å². The first kappa shape index (κ1) is 37.1. The summed E-state index contributed by atoms with van der Waals surface area (Å²) in [6.45, 7) is 3.75. The molecule has 1 N–H and O–H groups in total. The smallest absolute Gasteiger partial charge is 0.450 e. The number of nitrogens with zero attached hydrogens (tertiary/aromatic N) is 5. The highest BCUT2D eigenvalue weighted by atomic mass is 31.1. The van der Waals surface area contributed by atoms with Crippen LogP contribution in [0.4, 0.5) is 10.6 Å². The van der Waals surface area contributed by atoms with Gasteiger partial charge in [0.2, 0.25) is 12.1 Å². The number of nitrogens with one attached hydrogen (secondary N) is 1. The van der Waals surface area contributed by atoms with E-state index < -0.39 is 56.6 Å². The molecule has 1 aromatic heterocycles. The summed E-state index contributed by atoms with van der Waals surface area (Å²) in [7, 11) is -1.24. The highest BCUT2D eigenvalue weighted by Crippen LogP contribution is 2.28. The highest BCUT2D eigenvalue weighted by molar-refractivity contribution is 7.39. The van der Waals surface area contributed by atoms with E-state index in [-0.39, 0.29) is 50.4 Å². The van der Waals surface area contributed by atoms with Gasteiger partial charge in [0.15, 0.2) is 11.9 Å². The van der Waals surface area contributed by atoms with Gasteiger partial charge in [-0.2, -0.15) is 0 Å². The molecule has 2 fully saturated rings. The third kappa shape index (κ3) is 10.6. The molecule has 0 radical (unpaired) electrons. The molecule has 2 aromatic rings. The van der Waals surface area contributed by atoms with Gasteiger partial charge in [-0.15, -0.1) is 0 Å². The standard InChI is InChI=1S/C31H39N6O11P/c1-5-45-30(42)36-15-13-35(14-16-36)29(41)25(19-49(43)48-31(46-20(2)38)47-21(3)39)33-28(40)24-17-26(37-12-11-23(18-37)44-4)34-27(32-24)22-9-7-6-8-10-22/h6-10,17,23,25,31H,5,11-16,18-19H2,1-4H3/p+1. The van der Waals surface area contributed by atoms with Gasteiger partial charge in [-0.3, -0.25) is 19.2 Å². The minimum absolute atomic E-state index is 0.0159. The molecule has 2 aliphatic heterocycles. The van der Waals surface area contributed by atoms with Crippen LogP contribution in [-0.2, 0) is 42.4 Å². The molecule has 2 saturated heterocycles. The Morgan fingerprint density at radius 1 is 0.959 bits per heavy atom. The van der Waals surface area contributed by atoms with Crippen LogP contribution in [0.15, 0.2) is 36.4 Å². The molecule has 3 amide bonds. The number of hydrogen-bond donors (Lipinski definition) is 1. The number of ether oxygens (including phenoxy) is 4. The fourth-order valence-electron chi connectivity index (χ4n) is 5.15. The maximum atomic E-state index is 13.9. The van der Waals surface area contributed by atoms with Crippen molar-refractivity contribution < 1.29 is 52.0 Å². The summed E-state index contributed by atoms with van der Waals surface area (Å²) in [5.74, 6) is -2.36. The highest BCUT2D eigenvalue weighted by Gasteiger charge is 2.40. The van der Waals surface area contributed by atoms with Crippen molar-refractivity contribution in [3.05, 3.63) is 42.1 Å². The lowest BCUT2D eigenvalue weighted by Gasteiger charge is -2.35. The quantitative estimate of drug-likeness (QED) is 0.181. The van der Waals surface area contributed by atoms with Crippen molar-refractivity contribution in [2.24, 2.45) is 0 Å². The first-order valence-corrected chi connectivity index (χ1v) is 17.0. The second-order valence-electron chi connectivity index (χ2n) is 11.1. The fourth-order valence-corrected chi connectivity index (χ4v) is 6.06. The Morgan fingerprint density at radius 2 is 1.61 bits per heavy atom. The zero-order valence-corrected chi connectivity index (χ0v) is 28.6. The van der Waals surface area contributed by atoms with Crippen molar-refractivity contribution in [1.82, 2.24) is 25.1 Å². The Morgan fingerprint density at radius 3 is 2.20 bits per heavy atom. The van der Waals surface area contributed by atoms with Gasteiger partial charge in [0.25, 0.3) is 5.91 Å². The van der Waals surface area contributed by atoms with Crippen molar-refractivity contribution in [2.45, 2.75) is 45.8 Å². The minimum atomic E-state index is -2.87. The van der Waals surface area contributed by atoms with E-state index in [1.54, 1.807) is 26.2 Å². The summed E-state index contributed by atoms with van der Waals surface area (Å²) in [6, 6.07) is 9.15. The molecule has 0 saturated carbocycles. The van der Waals surface area contributed by atoms with E-state index in [0.29, 0.717) is 24.5 Å². The van der Waals surface area contributed by atoms with Gasteiger partial charge >= 0.3 is 32.5 Å². The van der Waals surface area contributed by atoms with Crippen molar-refractivity contribution >= 4 is 43.7 Å². The lowest BCUT2D eigenvalue weighted by Crippen LogP contribution is -2.56. The van der Waals surface area contributed by atoms with E-state index in [2.05, 4.69) is 10.3 Å². The van der Waals surface area contributed by atoms with Gasteiger partial charge in [0.1, 0.15) is 11.5 Å². The number of esters is 2. The second kappa shape index (κ2) is 17.6. The molecule has 0 spiro atoms. The Hall–Kier alpha value is -4.73. The Kier molecular flexibility index (Phi) is 13.3. The monoisotopic (exact) mass is 703 g/mol. The number of rotatable bonds is 13. The number of hydrogen-bond acceptors (Lipinski definition) is 14. The number of piperazine rings is 1. The third-order valence-electron chi connectivity index (χ3n) is 7.56. The van der Waals surface area contributed by atoms with Crippen LogP contribution in [0, 0.1) is 0 Å². The van der Waals surface area contributed by atoms with Crippen molar-refractivity contribution in [3.63, 3.8) is 0 Å². The minimum Gasteiger partial charge on any atom is -0.450 e. The Balaban J connectivity index is 1.60. The molecule has 3 heterocycles. The number of carbonyl (C=O) groups excluding carboxylic acids is 5.